The average Bonchev–Trinajstić information content (AvgIpc) is 2.27. The Morgan fingerprint density at radius 3 is 2.62 bits per heavy atom. The Balaban J connectivity index is 2.58. The fraction of sp³-hybridized carbons (Fsp3) is 0.364. The van der Waals surface area contributed by atoms with Crippen LogP contribution >= 0.6 is 23.2 Å². The third-order valence-electron chi connectivity index (χ3n) is 2.29. The second-order valence-corrected chi connectivity index (χ2v) is 5.13. The van der Waals surface area contributed by atoms with E-state index in [1.165, 1.54) is 0 Å². The van der Waals surface area contributed by atoms with Gasteiger partial charge in [-0.15, -0.1) is 0 Å². The van der Waals surface area contributed by atoms with Crippen LogP contribution in [-0.4, -0.2) is 11.5 Å². The number of anilines is 1. The van der Waals surface area contributed by atoms with E-state index >= 15 is 0 Å². The molecule has 3 nitrogen and oxygen atoms in total. The van der Waals surface area contributed by atoms with Crippen molar-refractivity contribution in [3.05, 3.63) is 22.2 Å². The van der Waals surface area contributed by atoms with Gasteiger partial charge in [0.05, 0.1) is 16.5 Å². The third kappa shape index (κ3) is 2.11. The second kappa shape index (κ2) is 3.82. The van der Waals surface area contributed by atoms with Gasteiger partial charge in [0.15, 0.2) is 5.75 Å². The van der Waals surface area contributed by atoms with Crippen LogP contribution in [0.1, 0.15) is 20.3 Å². The summed E-state index contributed by atoms with van der Waals surface area (Å²) in [5, 5.41) is 3.57. The van der Waals surface area contributed by atoms with E-state index in [2.05, 4.69) is 5.32 Å². The van der Waals surface area contributed by atoms with Crippen LogP contribution in [0, 0.1) is 0 Å². The zero-order chi connectivity index (χ0) is 11.9. The smallest absolute Gasteiger partial charge is 0.228 e. The molecule has 0 unspecified atom stereocenters. The molecule has 1 aromatic rings. The van der Waals surface area contributed by atoms with E-state index < -0.39 is 5.60 Å². The Kier molecular flexibility index (Phi) is 2.76. The molecule has 0 fully saturated rings. The molecule has 1 amide bonds. The lowest BCUT2D eigenvalue weighted by Gasteiger charge is -2.23. The number of hydrogen-bond donors (Lipinski definition) is 1. The molecule has 0 radical (unpaired) electrons. The summed E-state index contributed by atoms with van der Waals surface area (Å²) in [5.74, 6) is 0.304. The minimum absolute atomic E-state index is 0.132. The Morgan fingerprint density at radius 2 is 1.94 bits per heavy atom. The maximum absolute atomic E-state index is 11.6. The summed E-state index contributed by atoms with van der Waals surface area (Å²) in [6.45, 7) is 3.66. The first-order valence-electron chi connectivity index (χ1n) is 4.86. The summed E-state index contributed by atoms with van der Waals surface area (Å²) in [6.07, 6.45) is 0.258. The largest absolute Gasteiger partial charge is 0.484 e. The Labute approximate surface area is 104 Å². The van der Waals surface area contributed by atoms with E-state index in [0.717, 1.165) is 0 Å². The summed E-state index contributed by atoms with van der Waals surface area (Å²) in [6, 6.07) is 3.28. The van der Waals surface area contributed by atoms with Gasteiger partial charge < -0.3 is 10.1 Å². The minimum atomic E-state index is -0.594. The van der Waals surface area contributed by atoms with Crippen LogP contribution in [-0.2, 0) is 4.79 Å². The quantitative estimate of drug-likeness (QED) is 0.775. The van der Waals surface area contributed by atoms with Crippen LogP contribution in [0.4, 0.5) is 5.69 Å². The number of amides is 1. The van der Waals surface area contributed by atoms with Gasteiger partial charge in [-0.25, -0.2) is 0 Å². The molecule has 1 aliphatic heterocycles. The van der Waals surface area contributed by atoms with E-state index in [1.54, 1.807) is 12.1 Å². The minimum Gasteiger partial charge on any atom is -0.484 e. The number of carbonyl (C=O) groups excluding carboxylic acids is 1. The standard InChI is InChI=1S/C11H11Cl2NO2/c1-11(2)5-8(15)14-9-6(12)3-4-7(13)10(9)16-11/h3-4H,5H2,1-2H3,(H,14,15). The number of fused-ring (bicyclic) bond motifs is 1. The number of nitrogens with one attached hydrogen (secondary N) is 1. The van der Waals surface area contributed by atoms with Gasteiger partial charge in [0.25, 0.3) is 0 Å². The first-order valence-corrected chi connectivity index (χ1v) is 5.61. The lowest BCUT2D eigenvalue weighted by atomic mass is 10.1. The van der Waals surface area contributed by atoms with Crippen LogP contribution < -0.4 is 10.1 Å². The number of ether oxygens (including phenoxy) is 1. The fourth-order valence-electron chi connectivity index (χ4n) is 1.63. The third-order valence-corrected chi connectivity index (χ3v) is 2.90. The number of halogens is 2. The molecule has 5 heteroatoms. The number of rotatable bonds is 0. The van der Waals surface area contributed by atoms with Crippen molar-refractivity contribution >= 4 is 34.8 Å². The van der Waals surface area contributed by atoms with Gasteiger partial charge in [-0.2, -0.15) is 0 Å². The molecule has 0 atom stereocenters. The first kappa shape index (κ1) is 11.6. The first-order chi connectivity index (χ1) is 7.39. The molecule has 0 bridgehead atoms. The monoisotopic (exact) mass is 259 g/mol. The molecule has 2 rings (SSSR count). The number of benzene rings is 1. The van der Waals surface area contributed by atoms with Crippen molar-refractivity contribution in [3.63, 3.8) is 0 Å². The highest BCUT2D eigenvalue weighted by atomic mass is 35.5. The van der Waals surface area contributed by atoms with Gasteiger partial charge in [0.1, 0.15) is 11.3 Å². The highest BCUT2D eigenvalue weighted by Crippen LogP contribution is 2.42. The van der Waals surface area contributed by atoms with Gasteiger partial charge in [-0.05, 0) is 26.0 Å². The van der Waals surface area contributed by atoms with Crippen molar-refractivity contribution in [2.24, 2.45) is 0 Å². The summed E-state index contributed by atoms with van der Waals surface area (Å²) >= 11 is 12.0. The van der Waals surface area contributed by atoms with Gasteiger partial charge >= 0.3 is 0 Å². The van der Waals surface area contributed by atoms with E-state index in [-0.39, 0.29) is 12.3 Å². The SMILES string of the molecule is CC1(C)CC(=O)Nc2c(Cl)ccc(Cl)c2O1. The van der Waals surface area contributed by atoms with Crippen molar-refractivity contribution in [1.29, 1.82) is 0 Å². The molecule has 0 saturated heterocycles. The van der Waals surface area contributed by atoms with Crippen LogP contribution in [0.2, 0.25) is 10.0 Å². The molecular formula is C11H11Cl2NO2. The lowest BCUT2D eigenvalue weighted by molar-refractivity contribution is -0.118. The van der Waals surface area contributed by atoms with E-state index in [0.29, 0.717) is 21.5 Å². The number of hydrogen-bond acceptors (Lipinski definition) is 2. The molecule has 0 spiro atoms. The summed E-state index contributed by atoms with van der Waals surface area (Å²) < 4.78 is 5.73. The van der Waals surface area contributed by atoms with Gasteiger partial charge in [0, 0.05) is 0 Å². The topological polar surface area (TPSA) is 38.3 Å². The van der Waals surface area contributed by atoms with E-state index in [9.17, 15) is 4.79 Å². The Morgan fingerprint density at radius 1 is 1.31 bits per heavy atom. The molecule has 1 aromatic carbocycles. The van der Waals surface area contributed by atoms with Gasteiger partial charge in [-0.1, -0.05) is 23.2 Å². The summed E-state index contributed by atoms with van der Waals surface area (Å²) in [7, 11) is 0. The van der Waals surface area contributed by atoms with Crippen molar-refractivity contribution in [1.82, 2.24) is 0 Å². The zero-order valence-electron chi connectivity index (χ0n) is 8.93. The summed E-state index contributed by atoms with van der Waals surface area (Å²) in [4.78, 5) is 11.6. The van der Waals surface area contributed by atoms with Crippen molar-refractivity contribution < 1.29 is 9.53 Å². The maximum Gasteiger partial charge on any atom is 0.228 e. The second-order valence-electron chi connectivity index (χ2n) is 4.32. The predicted molar refractivity (Wildman–Crippen MR) is 64.4 cm³/mol. The normalized spacial score (nSPS) is 18.1. The zero-order valence-corrected chi connectivity index (χ0v) is 10.4. The van der Waals surface area contributed by atoms with Crippen LogP contribution in [0.3, 0.4) is 0 Å². The Hall–Kier alpha value is -0.930. The Bertz CT molecular complexity index is 458. The van der Waals surface area contributed by atoms with E-state index in [4.69, 9.17) is 27.9 Å². The summed E-state index contributed by atoms with van der Waals surface area (Å²) in [5.41, 5.74) is -0.145. The molecular weight excluding hydrogens is 249 g/mol. The van der Waals surface area contributed by atoms with Gasteiger partial charge in [0.2, 0.25) is 5.91 Å². The molecule has 1 heterocycles. The van der Waals surface area contributed by atoms with Crippen molar-refractivity contribution in [2.75, 3.05) is 5.32 Å². The molecule has 0 saturated carbocycles. The molecule has 1 aliphatic rings. The predicted octanol–water partition coefficient (Wildman–Crippen LogP) is 3.49. The number of carbonyl (C=O) groups is 1. The maximum atomic E-state index is 11.6. The average molecular weight is 260 g/mol. The van der Waals surface area contributed by atoms with Crippen LogP contribution in [0.15, 0.2) is 12.1 Å². The highest BCUT2D eigenvalue weighted by molar-refractivity contribution is 6.37. The van der Waals surface area contributed by atoms with Crippen molar-refractivity contribution in [2.45, 2.75) is 25.9 Å². The molecule has 1 N–H and O–H groups in total. The fourth-order valence-corrected chi connectivity index (χ4v) is 2.02. The molecule has 86 valence electrons. The molecule has 0 aliphatic carbocycles. The van der Waals surface area contributed by atoms with Gasteiger partial charge in [-0.3, -0.25) is 4.79 Å². The molecule has 16 heavy (non-hydrogen) atoms. The van der Waals surface area contributed by atoms with Crippen LogP contribution in [0.25, 0.3) is 0 Å². The van der Waals surface area contributed by atoms with Crippen LogP contribution in [0.5, 0.6) is 5.75 Å². The van der Waals surface area contributed by atoms with Crippen molar-refractivity contribution in [3.8, 4) is 5.75 Å². The van der Waals surface area contributed by atoms with E-state index in [1.807, 2.05) is 13.8 Å². The molecule has 0 aromatic heterocycles. The lowest BCUT2D eigenvalue weighted by Crippen LogP contribution is -2.30. The highest BCUT2D eigenvalue weighted by Gasteiger charge is 2.31.